The van der Waals surface area contributed by atoms with Crippen molar-refractivity contribution < 1.29 is 4.74 Å². The molecule has 1 atom stereocenters. The minimum absolute atomic E-state index is 0.192. The third-order valence-corrected chi connectivity index (χ3v) is 3.46. The summed E-state index contributed by atoms with van der Waals surface area (Å²) in [4.78, 5) is 6.41. The molecule has 0 aromatic heterocycles. The van der Waals surface area contributed by atoms with Gasteiger partial charge in [0.15, 0.2) is 5.96 Å². The fourth-order valence-corrected chi connectivity index (χ4v) is 2.49. The first-order valence-electron chi connectivity index (χ1n) is 5.95. The predicted molar refractivity (Wildman–Crippen MR) is 74.0 cm³/mol. The lowest BCUT2D eigenvalue weighted by Crippen LogP contribution is -2.38. The third-order valence-electron chi connectivity index (χ3n) is 3.22. The summed E-state index contributed by atoms with van der Waals surface area (Å²) < 4.78 is 5.11. The summed E-state index contributed by atoms with van der Waals surface area (Å²) in [5.41, 5.74) is 8.31. The zero-order valence-electron chi connectivity index (χ0n) is 10.7. The number of nitrogens with zero attached hydrogens (tertiary/aromatic N) is 2. The number of halogens is 1. The smallest absolute Gasteiger partial charge is 0.192 e. The number of methoxy groups -OCH3 is 1. The molecule has 0 amide bonds. The molecule has 0 aliphatic carbocycles. The zero-order valence-corrected chi connectivity index (χ0v) is 11.4. The van der Waals surface area contributed by atoms with E-state index >= 15 is 0 Å². The van der Waals surface area contributed by atoms with Gasteiger partial charge in [0.05, 0.1) is 19.2 Å². The number of hydrogen-bond donors (Lipinski definition) is 1. The molecule has 0 fully saturated rings. The minimum Gasteiger partial charge on any atom is -0.383 e. The second-order valence-electron chi connectivity index (χ2n) is 4.40. The van der Waals surface area contributed by atoms with Gasteiger partial charge >= 0.3 is 0 Å². The van der Waals surface area contributed by atoms with Crippen LogP contribution in [-0.2, 0) is 4.74 Å². The van der Waals surface area contributed by atoms with E-state index in [1.807, 2.05) is 12.1 Å². The van der Waals surface area contributed by atoms with Crippen LogP contribution >= 0.6 is 11.6 Å². The molecule has 1 heterocycles. The molecule has 1 aromatic carbocycles. The summed E-state index contributed by atoms with van der Waals surface area (Å²) >= 11 is 5.99. The average molecular weight is 268 g/mol. The van der Waals surface area contributed by atoms with Crippen LogP contribution in [0.25, 0.3) is 0 Å². The highest BCUT2D eigenvalue weighted by molar-refractivity contribution is 6.30. The number of aliphatic imine (C=N–C) groups is 1. The van der Waals surface area contributed by atoms with Crippen LogP contribution in [0.15, 0.2) is 23.2 Å². The molecular formula is C13H18ClN3O. The number of nitrogens with two attached hydrogens (primary N) is 1. The van der Waals surface area contributed by atoms with Gasteiger partial charge in [-0.25, -0.2) is 0 Å². The van der Waals surface area contributed by atoms with Crippen LogP contribution in [0.1, 0.15) is 17.2 Å². The maximum Gasteiger partial charge on any atom is 0.192 e. The molecule has 5 heteroatoms. The molecule has 18 heavy (non-hydrogen) atoms. The summed E-state index contributed by atoms with van der Waals surface area (Å²) in [6.45, 7) is 4.14. The molecule has 4 nitrogen and oxygen atoms in total. The average Bonchev–Trinajstić information content (AvgIpc) is 2.68. The Bertz CT molecular complexity index is 462. The van der Waals surface area contributed by atoms with Crippen LogP contribution in [0.2, 0.25) is 5.02 Å². The van der Waals surface area contributed by atoms with Gasteiger partial charge in [-0.3, -0.25) is 4.99 Å². The van der Waals surface area contributed by atoms with E-state index in [9.17, 15) is 0 Å². The van der Waals surface area contributed by atoms with Crippen LogP contribution in [0.3, 0.4) is 0 Å². The van der Waals surface area contributed by atoms with Crippen molar-refractivity contribution in [1.29, 1.82) is 0 Å². The Morgan fingerprint density at radius 2 is 2.33 bits per heavy atom. The number of aryl methyl sites for hydroxylation is 1. The summed E-state index contributed by atoms with van der Waals surface area (Å²) in [5, 5.41) is 0.756. The number of ether oxygens (including phenoxy) is 1. The van der Waals surface area contributed by atoms with Crippen LogP contribution in [-0.4, -0.2) is 37.7 Å². The maximum atomic E-state index is 5.99. The number of rotatable bonds is 4. The van der Waals surface area contributed by atoms with Crippen molar-refractivity contribution in [3.8, 4) is 0 Å². The Labute approximate surface area is 112 Å². The number of hydrogen-bond acceptors (Lipinski definition) is 4. The highest BCUT2D eigenvalue weighted by Crippen LogP contribution is 2.29. The largest absolute Gasteiger partial charge is 0.383 e. The van der Waals surface area contributed by atoms with E-state index in [2.05, 4.69) is 22.9 Å². The second kappa shape index (κ2) is 5.59. The van der Waals surface area contributed by atoms with E-state index in [-0.39, 0.29) is 6.04 Å². The van der Waals surface area contributed by atoms with Gasteiger partial charge in [-0.15, -0.1) is 0 Å². The molecule has 0 saturated heterocycles. The molecular weight excluding hydrogens is 250 g/mol. The lowest BCUT2D eigenvalue weighted by atomic mass is 10.0. The van der Waals surface area contributed by atoms with Crippen LogP contribution < -0.4 is 5.73 Å². The van der Waals surface area contributed by atoms with Gasteiger partial charge in [-0.2, -0.15) is 0 Å². The van der Waals surface area contributed by atoms with Crippen molar-refractivity contribution >= 4 is 17.6 Å². The van der Waals surface area contributed by atoms with Gasteiger partial charge in [0.2, 0.25) is 0 Å². The first kappa shape index (κ1) is 13.2. The fraction of sp³-hybridized carbons (Fsp3) is 0.462. The lowest BCUT2D eigenvalue weighted by Gasteiger charge is -2.27. The SMILES string of the molecule is COCCN1C(N)=NCC1c1ccc(Cl)cc1C. The van der Waals surface area contributed by atoms with Gasteiger partial charge < -0.3 is 15.4 Å². The van der Waals surface area contributed by atoms with Crippen LogP contribution in [0.5, 0.6) is 0 Å². The lowest BCUT2D eigenvalue weighted by molar-refractivity contribution is 0.166. The molecule has 0 bridgehead atoms. The highest BCUT2D eigenvalue weighted by Gasteiger charge is 2.28. The fourth-order valence-electron chi connectivity index (χ4n) is 2.27. The molecule has 0 saturated carbocycles. The van der Waals surface area contributed by atoms with Gasteiger partial charge in [-0.1, -0.05) is 17.7 Å². The molecule has 1 aliphatic heterocycles. The quantitative estimate of drug-likeness (QED) is 0.907. The van der Waals surface area contributed by atoms with Gasteiger partial charge in [0.1, 0.15) is 0 Å². The summed E-state index contributed by atoms with van der Waals surface area (Å²) in [6, 6.07) is 6.13. The van der Waals surface area contributed by atoms with E-state index in [1.165, 1.54) is 11.1 Å². The van der Waals surface area contributed by atoms with E-state index in [0.717, 1.165) is 11.6 Å². The molecule has 98 valence electrons. The Hall–Kier alpha value is -1.26. The maximum absolute atomic E-state index is 5.99. The molecule has 1 aromatic rings. The molecule has 0 radical (unpaired) electrons. The van der Waals surface area contributed by atoms with E-state index < -0.39 is 0 Å². The number of guanidine groups is 1. The Kier molecular flexibility index (Phi) is 4.09. The Morgan fingerprint density at radius 3 is 3.00 bits per heavy atom. The monoisotopic (exact) mass is 267 g/mol. The summed E-state index contributed by atoms with van der Waals surface area (Å²) in [5.74, 6) is 0.589. The Morgan fingerprint density at radius 1 is 1.56 bits per heavy atom. The van der Waals surface area contributed by atoms with Gasteiger partial charge in [-0.05, 0) is 30.2 Å². The second-order valence-corrected chi connectivity index (χ2v) is 4.84. The van der Waals surface area contributed by atoms with Crippen molar-refractivity contribution in [1.82, 2.24) is 4.90 Å². The van der Waals surface area contributed by atoms with Crippen molar-refractivity contribution in [2.75, 3.05) is 26.8 Å². The normalized spacial score (nSPS) is 19.2. The van der Waals surface area contributed by atoms with Crippen molar-refractivity contribution in [3.63, 3.8) is 0 Å². The van der Waals surface area contributed by atoms with E-state index in [1.54, 1.807) is 7.11 Å². The van der Waals surface area contributed by atoms with Crippen molar-refractivity contribution in [3.05, 3.63) is 34.3 Å². The van der Waals surface area contributed by atoms with E-state index in [4.69, 9.17) is 22.1 Å². The first-order chi connectivity index (χ1) is 8.63. The molecule has 1 unspecified atom stereocenters. The van der Waals surface area contributed by atoms with Gasteiger partial charge in [0, 0.05) is 18.7 Å². The van der Waals surface area contributed by atoms with Gasteiger partial charge in [0.25, 0.3) is 0 Å². The number of benzene rings is 1. The van der Waals surface area contributed by atoms with Crippen LogP contribution in [0, 0.1) is 6.92 Å². The first-order valence-corrected chi connectivity index (χ1v) is 6.33. The topological polar surface area (TPSA) is 50.9 Å². The molecule has 2 N–H and O–H groups in total. The summed E-state index contributed by atoms with van der Waals surface area (Å²) in [6.07, 6.45) is 0. The molecule has 2 rings (SSSR count). The molecule has 0 spiro atoms. The third kappa shape index (κ3) is 2.60. The van der Waals surface area contributed by atoms with Crippen molar-refractivity contribution in [2.24, 2.45) is 10.7 Å². The predicted octanol–water partition coefficient (Wildman–Crippen LogP) is 1.97. The standard InChI is InChI=1S/C13H18ClN3O/c1-9-7-10(14)3-4-11(9)12-8-16-13(15)17(12)5-6-18-2/h3-4,7,12H,5-6,8H2,1-2H3,(H2,15,16). The summed E-state index contributed by atoms with van der Waals surface area (Å²) in [7, 11) is 1.69. The minimum atomic E-state index is 0.192. The Balaban J connectivity index is 2.21. The van der Waals surface area contributed by atoms with Crippen molar-refractivity contribution in [2.45, 2.75) is 13.0 Å². The van der Waals surface area contributed by atoms with E-state index in [0.29, 0.717) is 19.1 Å². The molecule has 1 aliphatic rings. The highest BCUT2D eigenvalue weighted by atomic mass is 35.5. The van der Waals surface area contributed by atoms with Crippen LogP contribution in [0.4, 0.5) is 0 Å². The zero-order chi connectivity index (χ0) is 13.1.